The minimum atomic E-state index is 0.567. The van der Waals surface area contributed by atoms with E-state index in [-0.39, 0.29) is 0 Å². The molecule has 3 rings (SSSR count). The number of pyridine rings is 1. The Morgan fingerprint density at radius 1 is 0.875 bits per heavy atom. The van der Waals surface area contributed by atoms with Crippen molar-refractivity contribution in [3.05, 3.63) is 60.3 Å². The third-order valence-corrected chi connectivity index (χ3v) is 3.72. The van der Waals surface area contributed by atoms with Crippen LogP contribution in [0.15, 0.2) is 54.7 Å². The fourth-order valence-corrected chi connectivity index (χ4v) is 2.51. The average molecular weight is 323 g/mol. The van der Waals surface area contributed by atoms with E-state index < -0.39 is 0 Å². The predicted molar refractivity (Wildman–Crippen MR) is 95.1 cm³/mol. The largest absolute Gasteiger partial charge is 0.493 e. The molecular formula is C20H21NO3. The van der Waals surface area contributed by atoms with Crippen LogP contribution in [0.4, 0.5) is 0 Å². The number of hydrogen-bond donors (Lipinski definition) is 0. The normalized spacial score (nSPS) is 10.6. The van der Waals surface area contributed by atoms with Crippen molar-refractivity contribution < 1.29 is 14.2 Å². The molecule has 0 saturated heterocycles. The molecule has 0 bridgehead atoms. The second-order valence-corrected chi connectivity index (χ2v) is 5.54. The van der Waals surface area contributed by atoms with Crippen molar-refractivity contribution in [2.24, 2.45) is 0 Å². The van der Waals surface area contributed by atoms with Gasteiger partial charge in [-0.3, -0.25) is 4.98 Å². The third-order valence-electron chi connectivity index (χ3n) is 3.72. The average Bonchev–Trinajstić information content (AvgIpc) is 2.62. The molecule has 0 atom stereocenters. The fraction of sp³-hybridized carbons (Fsp3) is 0.250. The van der Waals surface area contributed by atoms with Gasteiger partial charge in [-0.25, -0.2) is 0 Å². The molecule has 0 aliphatic heterocycles. The van der Waals surface area contributed by atoms with Crippen LogP contribution in [0.25, 0.3) is 10.9 Å². The van der Waals surface area contributed by atoms with Crippen LogP contribution in [0.1, 0.15) is 12.0 Å². The monoisotopic (exact) mass is 323 g/mol. The Kier molecular flexibility index (Phi) is 5.16. The Labute approximate surface area is 142 Å². The molecule has 0 aliphatic carbocycles. The van der Waals surface area contributed by atoms with Crippen molar-refractivity contribution in [2.75, 3.05) is 20.3 Å². The molecule has 124 valence electrons. The number of fused-ring (bicyclic) bond motifs is 1. The molecule has 0 spiro atoms. The van der Waals surface area contributed by atoms with E-state index in [1.54, 1.807) is 13.3 Å². The first kappa shape index (κ1) is 16.1. The minimum absolute atomic E-state index is 0.567. The van der Waals surface area contributed by atoms with Crippen molar-refractivity contribution in [2.45, 2.75) is 13.3 Å². The number of hydrogen-bond acceptors (Lipinski definition) is 4. The summed E-state index contributed by atoms with van der Waals surface area (Å²) >= 11 is 0. The molecule has 1 aromatic heterocycles. The van der Waals surface area contributed by atoms with Gasteiger partial charge in [-0.15, -0.1) is 0 Å². The van der Waals surface area contributed by atoms with Crippen molar-refractivity contribution in [1.29, 1.82) is 0 Å². The van der Waals surface area contributed by atoms with Crippen LogP contribution < -0.4 is 14.2 Å². The van der Waals surface area contributed by atoms with Gasteiger partial charge in [-0.1, -0.05) is 24.3 Å². The van der Waals surface area contributed by atoms with Gasteiger partial charge in [0.2, 0.25) is 0 Å². The number of para-hydroxylation sites is 1. The first-order valence-electron chi connectivity index (χ1n) is 8.02. The maximum Gasteiger partial charge on any atom is 0.161 e. The third kappa shape index (κ3) is 3.77. The number of benzene rings is 2. The maximum atomic E-state index is 5.86. The van der Waals surface area contributed by atoms with E-state index in [2.05, 4.69) is 4.98 Å². The number of methoxy groups -OCH3 is 1. The van der Waals surface area contributed by atoms with Crippen molar-refractivity contribution in [1.82, 2.24) is 4.98 Å². The lowest BCUT2D eigenvalue weighted by Gasteiger charge is -2.12. The van der Waals surface area contributed by atoms with Crippen molar-refractivity contribution >= 4 is 10.9 Å². The molecule has 0 N–H and O–H groups in total. The topological polar surface area (TPSA) is 40.6 Å². The molecular weight excluding hydrogens is 302 g/mol. The second-order valence-electron chi connectivity index (χ2n) is 5.54. The van der Waals surface area contributed by atoms with E-state index in [1.165, 1.54) is 0 Å². The number of rotatable bonds is 7. The summed E-state index contributed by atoms with van der Waals surface area (Å²) in [7, 11) is 1.65. The molecule has 24 heavy (non-hydrogen) atoms. The Morgan fingerprint density at radius 3 is 2.50 bits per heavy atom. The van der Waals surface area contributed by atoms with Crippen molar-refractivity contribution in [3.63, 3.8) is 0 Å². The molecule has 1 heterocycles. The van der Waals surface area contributed by atoms with E-state index in [1.807, 2.05) is 55.5 Å². The summed E-state index contributed by atoms with van der Waals surface area (Å²) in [6.07, 6.45) is 2.56. The summed E-state index contributed by atoms with van der Waals surface area (Å²) in [4.78, 5) is 4.39. The highest BCUT2D eigenvalue weighted by atomic mass is 16.5. The van der Waals surface area contributed by atoms with E-state index in [0.29, 0.717) is 13.2 Å². The lowest BCUT2D eigenvalue weighted by atomic mass is 10.2. The molecule has 0 radical (unpaired) electrons. The quantitative estimate of drug-likeness (QED) is 0.604. The van der Waals surface area contributed by atoms with Crippen LogP contribution >= 0.6 is 0 Å². The van der Waals surface area contributed by atoms with Gasteiger partial charge in [-0.2, -0.15) is 0 Å². The molecule has 4 nitrogen and oxygen atoms in total. The number of aryl methyl sites for hydroxylation is 1. The molecule has 2 aromatic carbocycles. The molecule has 0 fully saturated rings. The van der Waals surface area contributed by atoms with Crippen LogP contribution in [0, 0.1) is 6.92 Å². The molecule has 0 aliphatic rings. The Balaban J connectivity index is 1.52. The summed E-state index contributed by atoms with van der Waals surface area (Å²) < 4.78 is 17.0. The SMILES string of the molecule is COc1cc(C)ccc1OCCCOc1cccc2cccnc12. The molecule has 3 aromatic rings. The van der Waals surface area contributed by atoms with Crippen LogP contribution in [-0.2, 0) is 0 Å². The summed E-state index contributed by atoms with van der Waals surface area (Å²) in [5, 5.41) is 1.08. The minimum Gasteiger partial charge on any atom is -0.493 e. The zero-order valence-corrected chi connectivity index (χ0v) is 14.0. The Morgan fingerprint density at radius 2 is 1.67 bits per heavy atom. The van der Waals surface area contributed by atoms with Crippen LogP contribution in [0.3, 0.4) is 0 Å². The first-order chi connectivity index (χ1) is 11.8. The van der Waals surface area contributed by atoms with Gasteiger partial charge in [0.25, 0.3) is 0 Å². The predicted octanol–water partition coefficient (Wildman–Crippen LogP) is 4.40. The van der Waals surface area contributed by atoms with Gasteiger partial charge in [0.05, 0.1) is 20.3 Å². The number of nitrogens with zero attached hydrogens (tertiary/aromatic N) is 1. The van der Waals surface area contributed by atoms with E-state index in [4.69, 9.17) is 14.2 Å². The van der Waals surface area contributed by atoms with Gasteiger partial charge >= 0.3 is 0 Å². The summed E-state index contributed by atoms with van der Waals surface area (Å²) in [5.41, 5.74) is 2.03. The van der Waals surface area contributed by atoms with Crippen molar-refractivity contribution in [3.8, 4) is 17.2 Å². The fourth-order valence-electron chi connectivity index (χ4n) is 2.51. The lowest BCUT2D eigenvalue weighted by Crippen LogP contribution is -2.06. The Hall–Kier alpha value is -2.75. The van der Waals surface area contributed by atoms with Gasteiger partial charge < -0.3 is 14.2 Å². The maximum absolute atomic E-state index is 5.86. The second kappa shape index (κ2) is 7.68. The highest BCUT2D eigenvalue weighted by molar-refractivity contribution is 5.84. The van der Waals surface area contributed by atoms with Crippen LogP contribution in [0.2, 0.25) is 0 Å². The van der Waals surface area contributed by atoms with E-state index >= 15 is 0 Å². The Bertz CT molecular complexity index is 812. The highest BCUT2D eigenvalue weighted by Gasteiger charge is 2.05. The zero-order chi connectivity index (χ0) is 16.8. The van der Waals surface area contributed by atoms with Gasteiger partial charge in [-0.05, 0) is 36.8 Å². The van der Waals surface area contributed by atoms with Gasteiger partial charge in [0, 0.05) is 18.0 Å². The highest BCUT2D eigenvalue weighted by Crippen LogP contribution is 2.28. The number of ether oxygens (including phenoxy) is 3. The van der Waals surface area contributed by atoms with Gasteiger partial charge in [0.15, 0.2) is 11.5 Å². The molecule has 4 heteroatoms. The first-order valence-corrected chi connectivity index (χ1v) is 8.02. The lowest BCUT2D eigenvalue weighted by molar-refractivity contribution is 0.241. The summed E-state index contributed by atoms with van der Waals surface area (Å²) in [5.74, 6) is 2.32. The van der Waals surface area contributed by atoms with Gasteiger partial charge in [0.1, 0.15) is 11.3 Å². The summed E-state index contributed by atoms with van der Waals surface area (Å²) in [6.45, 7) is 3.17. The standard InChI is InChI=1S/C20H21NO3/c1-15-9-10-17(19(14-15)22-2)23-12-5-13-24-18-8-3-6-16-7-4-11-21-20(16)18/h3-4,6-11,14H,5,12-13H2,1-2H3. The van der Waals surface area contributed by atoms with Crippen LogP contribution in [0.5, 0.6) is 17.2 Å². The molecule has 0 unspecified atom stereocenters. The summed E-state index contributed by atoms with van der Waals surface area (Å²) in [6, 6.07) is 15.8. The van der Waals surface area contributed by atoms with E-state index in [9.17, 15) is 0 Å². The molecule has 0 amide bonds. The smallest absolute Gasteiger partial charge is 0.161 e. The molecule has 0 saturated carbocycles. The zero-order valence-electron chi connectivity index (χ0n) is 14.0. The van der Waals surface area contributed by atoms with E-state index in [0.717, 1.165) is 40.1 Å². The number of aromatic nitrogens is 1. The van der Waals surface area contributed by atoms with Crippen LogP contribution in [-0.4, -0.2) is 25.3 Å².